The van der Waals surface area contributed by atoms with Gasteiger partial charge in [0.15, 0.2) is 0 Å². The molecule has 0 saturated carbocycles. The highest BCUT2D eigenvalue weighted by Crippen LogP contribution is 2.33. The van der Waals surface area contributed by atoms with Crippen LogP contribution in [0.1, 0.15) is 43.6 Å². The molecule has 4 rings (SSSR count). The van der Waals surface area contributed by atoms with E-state index in [4.69, 9.17) is 9.72 Å². The Kier molecular flexibility index (Phi) is 5.33. The molecule has 1 fully saturated rings. The summed E-state index contributed by atoms with van der Waals surface area (Å²) in [5, 5.41) is 0. The van der Waals surface area contributed by atoms with Crippen molar-refractivity contribution in [1.29, 1.82) is 0 Å². The molecule has 0 radical (unpaired) electrons. The standard InChI is InChI=1S/C23H27N3O2/c1-3-22(27)25-14-6-9-21(25)23-24-19-7-4-5-8-20(19)26(23)15-16-28-18-12-10-17(2)11-13-18/h4-5,7-8,10-13,21H,3,6,9,14-16H2,1-2H3/t21-/m1/s1. The number of amides is 1. The van der Waals surface area contributed by atoms with Crippen molar-refractivity contribution in [3.8, 4) is 5.75 Å². The van der Waals surface area contributed by atoms with Crippen LogP contribution in [0.5, 0.6) is 5.75 Å². The molecule has 1 aliphatic heterocycles. The van der Waals surface area contributed by atoms with Crippen molar-refractivity contribution in [3.63, 3.8) is 0 Å². The number of para-hydroxylation sites is 2. The van der Waals surface area contributed by atoms with Gasteiger partial charge in [-0.25, -0.2) is 4.98 Å². The van der Waals surface area contributed by atoms with Gasteiger partial charge in [-0.15, -0.1) is 0 Å². The molecule has 1 aromatic heterocycles. The summed E-state index contributed by atoms with van der Waals surface area (Å²) in [4.78, 5) is 19.3. The number of carbonyl (C=O) groups excluding carboxylic acids is 1. The first-order valence-electron chi connectivity index (χ1n) is 10.1. The number of rotatable bonds is 6. The van der Waals surface area contributed by atoms with Crippen LogP contribution in [0.2, 0.25) is 0 Å². The molecule has 0 aliphatic carbocycles. The average Bonchev–Trinajstić information content (AvgIpc) is 3.34. The largest absolute Gasteiger partial charge is 0.492 e. The number of benzene rings is 2. The van der Waals surface area contributed by atoms with Gasteiger partial charge in [-0.05, 0) is 44.0 Å². The molecule has 1 saturated heterocycles. The number of likely N-dealkylation sites (tertiary alicyclic amines) is 1. The van der Waals surface area contributed by atoms with E-state index in [1.807, 2.05) is 42.2 Å². The van der Waals surface area contributed by atoms with E-state index in [9.17, 15) is 4.79 Å². The van der Waals surface area contributed by atoms with Gasteiger partial charge >= 0.3 is 0 Å². The number of hydrogen-bond donors (Lipinski definition) is 0. The maximum atomic E-state index is 12.4. The van der Waals surface area contributed by atoms with E-state index in [2.05, 4.69) is 29.7 Å². The molecule has 1 amide bonds. The minimum absolute atomic E-state index is 0.0548. The van der Waals surface area contributed by atoms with Gasteiger partial charge in [0.1, 0.15) is 18.2 Å². The molecule has 2 aromatic carbocycles. The first kappa shape index (κ1) is 18.5. The van der Waals surface area contributed by atoms with E-state index in [1.54, 1.807) is 0 Å². The molecule has 1 atom stereocenters. The monoisotopic (exact) mass is 377 g/mol. The van der Waals surface area contributed by atoms with Crippen LogP contribution in [0, 0.1) is 6.92 Å². The van der Waals surface area contributed by atoms with Crippen molar-refractivity contribution in [1.82, 2.24) is 14.5 Å². The van der Waals surface area contributed by atoms with Gasteiger partial charge in [0.25, 0.3) is 0 Å². The predicted molar refractivity (Wildman–Crippen MR) is 110 cm³/mol. The van der Waals surface area contributed by atoms with Gasteiger partial charge in [-0.3, -0.25) is 4.79 Å². The van der Waals surface area contributed by atoms with E-state index in [1.165, 1.54) is 5.56 Å². The number of imidazole rings is 1. The van der Waals surface area contributed by atoms with Crippen molar-refractivity contribution >= 4 is 16.9 Å². The first-order chi connectivity index (χ1) is 13.7. The smallest absolute Gasteiger partial charge is 0.222 e. The zero-order valence-corrected chi connectivity index (χ0v) is 16.6. The third-order valence-electron chi connectivity index (χ3n) is 5.46. The fraction of sp³-hybridized carbons (Fsp3) is 0.391. The van der Waals surface area contributed by atoms with E-state index in [-0.39, 0.29) is 11.9 Å². The lowest BCUT2D eigenvalue weighted by molar-refractivity contribution is -0.131. The molecular weight excluding hydrogens is 350 g/mol. The Hall–Kier alpha value is -2.82. The molecule has 5 heteroatoms. The van der Waals surface area contributed by atoms with Crippen LogP contribution in [0.4, 0.5) is 0 Å². The fourth-order valence-electron chi connectivity index (χ4n) is 4.01. The topological polar surface area (TPSA) is 47.4 Å². The molecule has 5 nitrogen and oxygen atoms in total. The summed E-state index contributed by atoms with van der Waals surface area (Å²) in [7, 11) is 0. The number of aromatic nitrogens is 2. The molecule has 28 heavy (non-hydrogen) atoms. The number of carbonyl (C=O) groups is 1. The number of hydrogen-bond acceptors (Lipinski definition) is 3. The summed E-state index contributed by atoms with van der Waals surface area (Å²) in [6, 6.07) is 16.3. The third kappa shape index (κ3) is 3.61. The van der Waals surface area contributed by atoms with Gasteiger partial charge in [0, 0.05) is 13.0 Å². The fourth-order valence-corrected chi connectivity index (χ4v) is 4.01. The highest BCUT2D eigenvalue weighted by atomic mass is 16.5. The van der Waals surface area contributed by atoms with Crippen molar-refractivity contribution in [3.05, 3.63) is 59.9 Å². The highest BCUT2D eigenvalue weighted by molar-refractivity contribution is 5.78. The number of aryl methyl sites for hydroxylation is 1. The second-order valence-corrected chi connectivity index (χ2v) is 7.37. The normalized spacial score (nSPS) is 16.6. The van der Waals surface area contributed by atoms with Crippen LogP contribution in [-0.2, 0) is 11.3 Å². The zero-order valence-electron chi connectivity index (χ0n) is 16.6. The highest BCUT2D eigenvalue weighted by Gasteiger charge is 2.32. The Morgan fingerprint density at radius 2 is 1.96 bits per heavy atom. The van der Waals surface area contributed by atoms with Crippen LogP contribution in [-0.4, -0.2) is 33.5 Å². The maximum Gasteiger partial charge on any atom is 0.222 e. The number of fused-ring (bicyclic) bond motifs is 1. The van der Waals surface area contributed by atoms with Gasteiger partial charge in [-0.1, -0.05) is 36.8 Å². The third-order valence-corrected chi connectivity index (χ3v) is 5.46. The minimum atomic E-state index is 0.0548. The number of nitrogens with zero attached hydrogens (tertiary/aromatic N) is 3. The van der Waals surface area contributed by atoms with E-state index < -0.39 is 0 Å². The lowest BCUT2D eigenvalue weighted by atomic mass is 10.2. The average molecular weight is 377 g/mol. The van der Waals surface area contributed by atoms with Gasteiger partial charge in [-0.2, -0.15) is 0 Å². The summed E-state index contributed by atoms with van der Waals surface area (Å²) in [6.07, 6.45) is 2.53. The second kappa shape index (κ2) is 8.05. The summed E-state index contributed by atoms with van der Waals surface area (Å²) in [5.74, 6) is 2.06. The zero-order chi connectivity index (χ0) is 19.5. The van der Waals surface area contributed by atoms with Crippen LogP contribution in [0.25, 0.3) is 11.0 Å². The molecular formula is C23H27N3O2. The van der Waals surface area contributed by atoms with Crippen LogP contribution >= 0.6 is 0 Å². The Labute approximate surface area is 165 Å². The second-order valence-electron chi connectivity index (χ2n) is 7.37. The summed E-state index contributed by atoms with van der Waals surface area (Å²) >= 11 is 0. The van der Waals surface area contributed by atoms with Crippen molar-refractivity contribution < 1.29 is 9.53 Å². The summed E-state index contributed by atoms with van der Waals surface area (Å²) in [5.41, 5.74) is 3.29. The molecule has 0 spiro atoms. The van der Waals surface area contributed by atoms with Crippen molar-refractivity contribution in [2.24, 2.45) is 0 Å². The maximum absolute atomic E-state index is 12.4. The molecule has 0 unspecified atom stereocenters. The molecule has 146 valence electrons. The summed E-state index contributed by atoms with van der Waals surface area (Å²) in [6.45, 7) is 6.08. The molecule has 0 N–H and O–H groups in total. The molecule has 3 aromatic rings. The van der Waals surface area contributed by atoms with E-state index >= 15 is 0 Å². The predicted octanol–water partition coefficient (Wildman–Crippen LogP) is 4.50. The quantitative estimate of drug-likeness (QED) is 0.635. The van der Waals surface area contributed by atoms with E-state index in [0.29, 0.717) is 19.6 Å². The Bertz CT molecular complexity index is 962. The van der Waals surface area contributed by atoms with Gasteiger partial charge in [0.2, 0.25) is 5.91 Å². The lowest BCUT2D eigenvalue weighted by Gasteiger charge is -2.25. The summed E-state index contributed by atoms with van der Waals surface area (Å²) < 4.78 is 8.20. The Balaban J connectivity index is 1.60. The molecule has 0 bridgehead atoms. The van der Waals surface area contributed by atoms with Crippen LogP contribution in [0.3, 0.4) is 0 Å². The van der Waals surface area contributed by atoms with Crippen LogP contribution in [0.15, 0.2) is 48.5 Å². The minimum Gasteiger partial charge on any atom is -0.492 e. The van der Waals surface area contributed by atoms with E-state index in [0.717, 1.165) is 42.0 Å². The molecule has 2 heterocycles. The molecule has 1 aliphatic rings. The Morgan fingerprint density at radius 3 is 2.75 bits per heavy atom. The van der Waals surface area contributed by atoms with Gasteiger partial charge in [0.05, 0.1) is 23.6 Å². The van der Waals surface area contributed by atoms with Crippen molar-refractivity contribution in [2.75, 3.05) is 13.2 Å². The van der Waals surface area contributed by atoms with Crippen molar-refractivity contribution in [2.45, 2.75) is 45.7 Å². The lowest BCUT2D eigenvalue weighted by Crippen LogP contribution is -2.31. The van der Waals surface area contributed by atoms with Crippen LogP contribution < -0.4 is 4.74 Å². The first-order valence-corrected chi connectivity index (χ1v) is 10.1. The van der Waals surface area contributed by atoms with Gasteiger partial charge < -0.3 is 14.2 Å². The SMILES string of the molecule is CCC(=O)N1CCC[C@@H]1c1nc2ccccc2n1CCOc1ccc(C)cc1. The number of ether oxygens (including phenoxy) is 1. The Morgan fingerprint density at radius 1 is 1.18 bits per heavy atom.